The van der Waals surface area contributed by atoms with E-state index in [-0.39, 0.29) is 12.5 Å². The Bertz CT molecular complexity index is 988. The number of hydrogen-bond acceptors (Lipinski definition) is 5. The molecule has 30 heavy (non-hydrogen) atoms. The van der Waals surface area contributed by atoms with E-state index in [1.54, 1.807) is 6.20 Å². The zero-order valence-corrected chi connectivity index (χ0v) is 16.5. The molecule has 2 N–H and O–H groups in total. The molecule has 3 fully saturated rings. The number of carbonyl (C=O) groups is 2. The van der Waals surface area contributed by atoms with Crippen LogP contribution >= 0.6 is 0 Å². The highest BCUT2D eigenvalue weighted by atomic mass is 19.3. The van der Waals surface area contributed by atoms with Gasteiger partial charge in [0.05, 0.1) is 12.3 Å². The summed E-state index contributed by atoms with van der Waals surface area (Å²) in [5.41, 5.74) is 1.59. The number of fused-ring (bicyclic) bond motifs is 1. The molecule has 9 heteroatoms. The summed E-state index contributed by atoms with van der Waals surface area (Å²) in [6.45, 7) is 1.22. The lowest BCUT2D eigenvalue weighted by atomic mass is 10.0. The number of likely N-dealkylation sites (tertiary alicyclic amines) is 1. The second kappa shape index (κ2) is 7.21. The highest BCUT2D eigenvalue weighted by Gasteiger charge is 2.62. The summed E-state index contributed by atoms with van der Waals surface area (Å²) < 4.78 is 32.1. The Morgan fingerprint density at radius 3 is 2.87 bits per heavy atom. The van der Waals surface area contributed by atoms with Crippen molar-refractivity contribution in [2.75, 3.05) is 25.0 Å². The van der Waals surface area contributed by atoms with Gasteiger partial charge in [0.1, 0.15) is 17.1 Å². The molecule has 0 radical (unpaired) electrons. The fourth-order valence-corrected chi connectivity index (χ4v) is 4.07. The van der Waals surface area contributed by atoms with Crippen LogP contribution in [0.3, 0.4) is 0 Å². The molecule has 2 aliphatic carbocycles. The van der Waals surface area contributed by atoms with E-state index in [2.05, 4.69) is 15.3 Å². The first-order valence-electron chi connectivity index (χ1n) is 10.5. The Balaban J connectivity index is 1.34. The highest BCUT2D eigenvalue weighted by molar-refractivity contribution is 6.04. The third-order valence-electron chi connectivity index (χ3n) is 6.16. The number of alkyl halides is 2. The highest BCUT2D eigenvalue weighted by Crippen LogP contribution is 2.49. The lowest BCUT2D eigenvalue weighted by Crippen LogP contribution is -2.46. The number of halogens is 2. The second-order valence-electron chi connectivity index (χ2n) is 8.61. The van der Waals surface area contributed by atoms with Gasteiger partial charge in [-0.25, -0.2) is 18.6 Å². The van der Waals surface area contributed by atoms with Crippen molar-refractivity contribution in [3.8, 4) is 0 Å². The SMILES string of the molecule is O=C(OCC1CC1)c1cnc2[nH]ccc2c1NC1CCCN(C(=O)C2CC2(F)F)C1. The van der Waals surface area contributed by atoms with E-state index in [0.29, 0.717) is 48.9 Å². The summed E-state index contributed by atoms with van der Waals surface area (Å²) in [6.07, 6.45) is 6.53. The number of amides is 1. The van der Waals surface area contributed by atoms with E-state index in [1.807, 2.05) is 6.07 Å². The predicted molar refractivity (Wildman–Crippen MR) is 105 cm³/mol. The molecule has 2 aromatic rings. The zero-order chi connectivity index (χ0) is 20.9. The number of nitrogens with zero attached hydrogens (tertiary/aromatic N) is 2. The average Bonchev–Trinajstić information content (AvgIpc) is 3.62. The third-order valence-corrected chi connectivity index (χ3v) is 6.16. The first kappa shape index (κ1) is 19.3. The third kappa shape index (κ3) is 3.73. The smallest absolute Gasteiger partial charge is 0.341 e. The van der Waals surface area contributed by atoms with Crippen LogP contribution in [0, 0.1) is 11.8 Å². The van der Waals surface area contributed by atoms with Gasteiger partial charge in [0, 0.05) is 43.3 Å². The molecule has 7 nitrogen and oxygen atoms in total. The molecule has 160 valence electrons. The first-order valence-corrected chi connectivity index (χ1v) is 10.5. The lowest BCUT2D eigenvalue weighted by molar-refractivity contribution is -0.135. The van der Waals surface area contributed by atoms with Crippen molar-refractivity contribution in [1.82, 2.24) is 14.9 Å². The van der Waals surface area contributed by atoms with Crippen LogP contribution in [0.2, 0.25) is 0 Å². The molecule has 0 bridgehead atoms. The molecule has 1 aliphatic heterocycles. The zero-order valence-electron chi connectivity index (χ0n) is 16.5. The van der Waals surface area contributed by atoms with E-state index >= 15 is 0 Å². The van der Waals surface area contributed by atoms with Gasteiger partial charge in [-0.15, -0.1) is 0 Å². The average molecular weight is 418 g/mol. The number of anilines is 1. The topological polar surface area (TPSA) is 87.3 Å². The van der Waals surface area contributed by atoms with Gasteiger partial charge in [0.25, 0.3) is 5.92 Å². The molecular weight excluding hydrogens is 394 g/mol. The molecule has 2 saturated carbocycles. The van der Waals surface area contributed by atoms with Gasteiger partial charge in [0.2, 0.25) is 5.91 Å². The van der Waals surface area contributed by atoms with Crippen LogP contribution in [0.4, 0.5) is 14.5 Å². The van der Waals surface area contributed by atoms with Gasteiger partial charge >= 0.3 is 5.97 Å². The van der Waals surface area contributed by atoms with Crippen molar-refractivity contribution in [2.45, 2.75) is 44.1 Å². The Morgan fingerprint density at radius 1 is 1.33 bits per heavy atom. The Morgan fingerprint density at radius 2 is 2.13 bits per heavy atom. The van der Waals surface area contributed by atoms with E-state index in [4.69, 9.17) is 4.74 Å². The van der Waals surface area contributed by atoms with Gasteiger partial charge in [-0.05, 0) is 37.7 Å². The van der Waals surface area contributed by atoms with Crippen molar-refractivity contribution in [1.29, 1.82) is 0 Å². The van der Waals surface area contributed by atoms with E-state index in [9.17, 15) is 18.4 Å². The summed E-state index contributed by atoms with van der Waals surface area (Å²) in [4.78, 5) is 33.9. The van der Waals surface area contributed by atoms with Crippen molar-refractivity contribution in [3.05, 3.63) is 24.0 Å². The van der Waals surface area contributed by atoms with Crippen molar-refractivity contribution in [3.63, 3.8) is 0 Å². The minimum Gasteiger partial charge on any atom is -0.462 e. The van der Waals surface area contributed by atoms with Crippen LogP contribution in [-0.2, 0) is 9.53 Å². The van der Waals surface area contributed by atoms with E-state index in [1.165, 1.54) is 11.1 Å². The quantitative estimate of drug-likeness (QED) is 0.704. The molecule has 1 saturated heterocycles. The molecular formula is C21H24F2N4O3. The number of nitrogens with one attached hydrogen (secondary N) is 2. The number of aromatic nitrogens is 2. The van der Waals surface area contributed by atoms with Crippen LogP contribution in [0.5, 0.6) is 0 Å². The number of aromatic amines is 1. The number of carbonyl (C=O) groups excluding carboxylic acids is 2. The summed E-state index contributed by atoms with van der Waals surface area (Å²) in [6, 6.07) is 1.68. The predicted octanol–water partition coefficient (Wildman–Crippen LogP) is 3.19. The fourth-order valence-electron chi connectivity index (χ4n) is 4.07. The minimum absolute atomic E-state index is 0.148. The first-order chi connectivity index (χ1) is 14.4. The largest absolute Gasteiger partial charge is 0.462 e. The van der Waals surface area contributed by atoms with Gasteiger partial charge in [0.15, 0.2) is 0 Å². The molecule has 0 spiro atoms. The van der Waals surface area contributed by atoms with Crippen LogP contribution in [0.1, 0.15) is 42.5 Å². The van der Waals surface area contributed by atoms with Gasteiger partial charge in [-0.3, -0.25) is 4.79 Å². The van der Waals surface area contributed by atoms with Crippen LogP contribution in [0.25, 0.3) is 11.0 Å². The van der Waals surface area contributed by atoms with Crippen LogP contribution < -0.4 is 5.32 Å². The van der Waals surface area contributed by atoms with Crippen LogP contribution in [0.15, 0.2) is 18.5 Å². The van der Waals surface area contributed by atoms with Gasteiger partial charge < -0.3 is 19.9 Å². The van der Waals surface area contributed by atoms with Crippen LogP contribution in [-0.4, -0.2) is 58.4 Å². The summed E-state index contributed by atoms with van der Waals surface area (Å²) in [5.74, 6) is -4.49. The van der Waals surface area contributed by atoms with Gasteiger partial charge in [-0.2, -0.15) is 0 Å². The number of rotatable bonds is 6. The molecule has 0 aromatic carbocycles. The normalized spacial score (nSPS) is 25.2. The number of H-pyrrole nitrogens is 1. The maximum Gasteiger partial charge on any atom is 0.341 e. The number of ether oxygens (including phenoxy) is 1. The lowest BCUT2D eigenvalue weighted by Gasteiger charge is -2.34. The molecule has 2 aromatic heterocycles. The maximum atomic E-state index is 13.3. The maximum absolute atomic E-state index is 13.3. The van der Waals surface area contributed by atoms with E-state index in [0.717, 1.165) is 24.6 Å². The molecule has 3 aliphatic rings. The van der Waals surface area contributed by atoms with Gasteiger partial charge in [-0.1, -0.05) is 0 Å². The minimum atomic E-state index is -2.86. The van der Waals surface area contributed by atoms with E-state index < -0.39 is 23.7 Å². The number of piperidine rings is 1. The summed E-state index contributed by atoms with van der Waals surface area (Å²) >= 11 is 0. The number of esters is 1. The standard InChI is InChI=1S/C21H24F2N4O3/c22-21(23)8-16(21)19(28)27-7-1-2-13(10-27)26-17-14-5-6-24-18(14)25-9-15(17)20(29)30-11-12-3-4-12/h5-6,9,12-13,16H,1-4,7-8,10-11H2,(H2,24,25,26). The summed E-state index contributed by atoms with van der Waals surface area (Å²) in [5, 5.41) is 4.14. The summed E-state index contributed by atoms with van der Waals surface area (Å²) in [7, 11) is 0. The number of hydrogen-bond donors (Lipinski definition) is 2. The molecule has 3 heterocycles. The fraction of sp³-hybridized carbons (Fsp3) is 0.571. The Labute approximate surface area is 172 Å². The van der Waals surface area contributed by atoms with Crippen molar-refractivity contribution >= 4 is 28.6 Å². The van der Waals surface area contributed by atoms with Crippen molar-refractivity contribution < 1.29 is 23.1 Å². The van der Waals surface area contributed by atoms with Crippen molar-refractivity contribution in [2.24, 2.45) is 11.8 Å². The Hall–Kier alpha value is -2.71. The monoisotopic (exact) mass is 418 g/mol. The Kier molecular flexibility index (Phi) is 4.63. The number of pyridine rings is 1. The molecule has 2 unspecified atom stereocenters. The molecule has 2 atom stereocenters. The second-order valence-corrected chi connectivity index (χ2v) is 8.61. The molecule has 5 rings (SSSR count). The molecule has 1 amide bonds.